The molecule has 1 fully saturated rings. The zero-order valence-electron chi connectivity index (χ0n) is 14.9. The summed E-state index contributed by atoms with van der Waals surface area (Å²) in [4.78, 5) is 8.98. The number of nitrogens with zero attached hydrogens (tertiary/aromatic N) is 3. The summed E-state index contributed by atoms with van der Waals surface area (Å²) in [6, 6.07) is 13.5. The van der Waals surface area contributed by atoms with Crippen molar-refractivity contribution >= 4 is 26.7 Å². The number of imidazole rings is 1. The van der Waals surface area contributed by atoms with Crippen LogP contribution in [0.1, 0.15) is 12.8 Å². The van der Waals surface area contributed by atoms with E-state index in [4.69, 9.17) is 4.74 Å². The third kappa shape index (κ3) is 3.96. The van der Waals surface area contributed by atoms with Gasteiger partial charge in [0, 0.05) is 19.8 Å². The van der Waals surface area contributed by atoms with E-state index in [1.807, 2.05) is 47.0 Å². The Hall–Kier alpha value is -2.45. The lowest BCUT2D eigenvalue weighted by molar-refractivity contribution is 0.0984. The van der Waals surface area contributed by atoms with Crippen LogP contribution in [0.5, 0.6) is 0 Å². The van der Waals surface area contributed by atoms with E-state index in [2.05, 4.69) is 15.3 Å². The average Bonchev–Trinajstić information content (AvgIpc) is 3.13. The zero-order valence-corrected chi connectivity index (χ0v) is 15.7. The molecule has 2 aromatic heterocycles. The van der Waals surface area contributed by atoms with E-state index in [0.717, 1.165) is 16.9 Å². The number of ether oxygens (including phenoxy) is 1. The van der Waals surface area contributed by atoms with Crippen molar-refractivity contribution in [2.45, 2.75) is 18.1 Å². The van der Waals surface area contributed by atoms with Gasteiger partial charge in [-0.05, 0) is 37.1 Å². The topological polar surface area (TPSA) is 86.1 Å². The lowest BCUT2D eigenvalue weighted by Crippen LogP contribution is -2.32. The van der Waals surface area contributed by atoms with Crippen LogP contribution < -0.4 is 5.32 Å². The maximum absolute atomic E-state index is 12.4. The Morgan fingerprint density at radius 1 is 1.11 bits per heavy atom. The molecule has 0 radical (unpaired) electrons. The number of hydrogen-bond acceptors (Lipinski definition) is 6. The average molecular weight is 386 g/mol. The molecule has 1 aromatic carbocycles. The summed E-state index contributed by atoms with van der Waals surface area (Å²) in [5.74, 6) is 1.48. The predicted octanol–water partition coefficient (Wildman–Crippen LogP) is 2.43. The monoisotopic (exact) mass is 386 g/mol. The third-order valence-electron chi connectivity index (χ3n) is 4.80. The summed E-state index contributed by atoms with van der Waals surface area (Å²) in [5, 5.41) is 2.85. The number of benzene rings is 1. The predicted molar refractivity (Wildman–Crippen MR) is 105 cm³/mol. The van der Waals surface area contributed by atoms with Crippen LogP contribution in [0.2, 0.25) is 0 Å². The van der Waals surface area contributed by atoms with E-state index < -0.39 is 9.84 Å². The molecule has 0 unspecified atom stereocenters. The quantitative estimate of drug-likeness (QED) is 0.700. The largest absolute Gasteiger partial charge is 0.381 e. The molecule has 4 rings (SSSR count). The molecule has 27 heavy (non-hydrogen) atoms. The van der Waals surface area contributed by atoms with Gasteiger partial charge in [-0.2, -0.15) is 0 Å². The van der Waals surface area contributed by atoms with Crippen molar-refractivity contribution in [3.63, 3.8) is 0 Å². The molecule has 0 spiro atoms. The second kappa shape index (κ2) is 7.66. The number of anilines is 1. The molecule has 0 saturated carbocycles. The van der Waals surface area contributed by atoms with E-state index in [-0.39, 0.29) is 11.0 Å². The number of pyridine rings is 1. The molecule has 3 heterocycles. The lowest BCUT2D eigenvalue weighted by Gasteiger charge is -2.22. The first kappa shape index (κ1) is 17.9. The Morgan fingerprint density at radius 2 is 1.93 bits per heavy atom. The van der Waals surface area contributed by atoms with Crippen LogP contribution in [0.3, 0.4) is 0 Å². The Bertz CT molecular complexity index is 1030. The van der Waals surface area contributed by atoms with Gasteiger partial charge in [0.1, 0.15) is 18.0 Å². The van der Waals surface area contributed by atoms with Gasteiger partial charge < -0.3 is 10.1 Å². The highest BCUT2D eigenvalue weighted by molar-refractivity contribution is 7.92. The van der Waals surface area contributed by atoms with Crippen LogP contribution in [0, 0.1) is 0 Å². The minimum atomic E-state index is -3.12. The van der Waals surface area contributed by atoms with Crippen molar-refractivity contribution in [1.29, 1.82) is 0 Å². The number of nitrogens with one attached hydrogen (secondary N) is 1. The number of sulfone groups is 1. The van der Waals surface area contributed by atoms with Crippen LogP contribution in [-0.4, -0.2) is 53.7 Å². The zero-order chi connectivity index (χ0) is 18.7. The molecule has 3 aromatic rings. The van der Waals surface area contributed by atoms with Gasteiger partial charge in [0.15, 0.2) is 9.84 Å². The third-order valence-corrected chi connectivity index (χ3v) is 7.06. The molecule has 1 N–H and O–H groups in total. The second-order valence-electron chi connectivity index (χ2n) is 6.59. The summed E-state index contributed by atoms with van der Waals surface area (Å²) in [6.45, 7) is 1.39. The highest BCUT2D eigenvalue weighted by Crippen LogP contribution is 2.19. The Morgan fingerprint density at radius 3 is 2.78 bits per heavy atom. The van der Waals surface area contributed by atoms with Gasteiger partial charge in [-0.3, -0.25) is 4.57 Å². The van der Waals surface area contributed by atoms with Crippen LogP contribution in [-0.2, 0) is 14.6 Å². The molecule has 0 atom stereocenters. The van der Waals surface area contributed by atoms with Crippen LogP contribution >= 0.6 is 0 Å². The summed E-state index contributed by atoms with van der Waals surface area (Å²) >= 11 is 0. The highest BCUT2D eigenvalue weighted by atomic mass is 32.2. The molecule has 0 bridgehead atoms. The number of aromatic nitrogens is 3. The van der Waals surface area contributed by atoms with Crippen LogP contribution in [0.15, 0.2) is 48.8 Å². The fourth-order valence-corrected chi connectivity index (χ4v) is 4.95. The fourth-order valence-electron chi connectivity index (χ4n) is 3.32. The standard InChI is InChI=1S/C19H22N4O3S/c24-27(25,15-8-11-26-12-9-15)13-10-20-18-6-3-7-19(22-18)23-14-21-16-4-1-2-5-17(16)23/h1-7,14-15H,8-13H2,(H,20,22). The normalized spacial score (nSPS) is 15.9. The number of fused-ring (bicyclic) bond motifs is 1. The summed E-state index contributed by atoms with van der Waals surface area (Å²) in [7, 11) is -3.12. The second-order valence-corrected chi connectivity index (χ2v) is 8.99. The summed E-state index contributed by atoms with van der Waals surface area (Å²) < 4.78 is 32.1. The molecule has 0 amide bonds. The molecule has 0 aliphatic carbocycles. The van der Waals surface area contributed by atoms with Gasteiger partial charge in [0.2, 0.25) is 0 Å². The molecule has 1 aliphatic rings. The lowest BCUT2D eigenvalue weighted by atomic mass is 10.2. The smallest absolute Gasteiger partial charge is 0.155 e. The first-order valence-corrected chi connectivity index (χ1v) is 10.8. The summed E-state index contributed by atoms with van der Waals surface area (Å²) in [5.41, 5.74) is 1.88. The molecule has 8 heteroatoms. The first-order chi connectivity index (χ1) is 13.1. The maximum atomic E-state index is 12.4. The van der Waals surface area contributed by atoms with Gasteiger partial charge in [-0.15, -0.1) is 0 Å². The molecule has 7 nitrogen and oxygen atoms in total. The van der Waals surface area contributed by atoms with E-state index in [0.29, 0.717) is 38.4 Å². The minimum absolute atomic E-state index is 0.0948. The first-order valence-electron chi connectivity index (χ1n) is 9.06. The van der Waals surface area contributed by atoms with E-state index >= 15 is 0 Å². The Labute approximate surface area is 158 Å². The van der Waals surface area contributed by atoms with Crippen molar-refractivity contribution in [3.05, 3.63) is 48.8 Å². The van der Waals surface area contributed by atoms with Gasteiger partial charge in [-0.25, -0.2) is 18.4 Å². The van der Waals surface area contributed by atoms with Crippen molar-refractivity contribution < 1.29 is 13.2 Å². The molecule has 1 aliphatic heterocycles. The SMILES string of the molecule is O=S(=O)(CCNc1cccc(-n2cnc3ccccc32)n1)C1CCOCC1. The van der Waals surface area contributed by atoms with Crippen molar-refractivity contribution in [3.8, 4) is 5.82 Å². The molecular weight excluding hydrogens is 364 g/mol. The molecule has 142 valence electrons. The van der Waals surface area contributed by atoms with Gasteiger partial charge in [-0.1, -0.05) is 18.2 Å². The van der Waals surface area contributed by atoms with Crippen molar-refractivity contribution in [2.24, 2.45) is 0 Å². The maximum Gasteiger partial charge on any atom is 0.155 e. The van der Waals surface area contributed by atoms with Gasteiger partial charge in [0.05, 0.1) is 22.0 Å². The van der Waals surface area contributed by atoms with E-state index in [1.54, 1.807) is 6.33 Å². The fraction of sp³-hybridized carbons (Fsp3) is 0.368. The number of para-hydroxylation sites is 2. The number of rotatable bonds is 6. The Balaban J connectivity index is 1.44. The Kier molecular flexibility index (Phi) is 5.09. The van der Waals surface area contributed by atoms with Gasteiger partial charge in [0.25, 0.3) is 0 Å². The van der Waals surface area contributed by atoms with E-state index in [1.165, 1.54) is 0 Å². The van der Waals surface area contributed by atoms with Crippen LogP contribution in [0.25, 0.3) is 16.9 Å². The molecular formula is C19H22N4O3S. The highest BCUT2D eigenvalue weighted by Gasteiger charge is 2.27. The molecule has 1 saturated heterocycles. The van der Waals surface area contributed by atoms with E-state index in [9.17, 15) is 8.42 Å². The van der Waals surface area contributed by atoms with Crippen molar-refractivity contribution in [2.75, 3.05) is 30.8 Å². The van der Waals surface area contributed by atoms with Crippen molar-refractivity contribution in [1.82, 2.24) is 14.5 Å². The number of hydrogen-bond donors (Lipinski definition) is 1. The van der Waals surface area contributed by atoms with Crippen LogP contribution in [0.4, 0.5) is 5.82 Å². The van der Waals surface area contributed by atoms with Gasteiger partial charge >= 0.3 is 0 Å². The summed E-state index contributed by atoms with van der Waals surface area (Å²) in [6.07, 6.45) is 2.92. The minimum Gasteiger partial charge on any atom is -0.381 e.